The van der Waals surface area contributed by atoms with Crippen molar-refractivity contribution in [2.75, 3.05) is 6.61 Å². The van der Waals surface area contributed by atoms with Gasteiger partial charge in [0.2, 0.25) is 4.96 Å². The maximum atomic E-state index is 13.1. The van der Waals surface area contributed by atoms with Gasteiger partial charge in [0.1, 0.15) is 5.75 Å². The Bertz CT molecular complexity index is 1360. The monoisotopic (exact) mass is 432 g/mol. The molecule has 0 unspecified atom stereocenters. The van der Waals surface area contributed by atoms with Crippen molar-refractivity contribution in [2.24, 2.45) is 0 Å². The minimum atomic E-state index is -0.275. The Balaban J connectivity index is 1.70. The molecule has 5 nitrogen and oxygen atoms in total. The molecule has 0 aliphatic heterocycles. The van der Waals surface area contributed by atoms with Crippen LogP contribution in [0.15, 0.2) is 64.2 Å². The Morgan fingerprint density at radius 3 is 2.52 bits per heavy atom. The molecule has 0 N–H and O–H groups in total. The Labute approximate surface area is 184 Å². The maximum absolute atomic E-state index is 13.1. The van der Waals surface area contributed by atoms with E-state index in [2.05, 4.69) is 11.9 Å². The van der Waals surface area contributed by atoms with Gasteiger partial charge in [0.25, 0.3) is 11.1 Å². The van der Waals surface area contributed by atoms with Gasteiger partial charge in [0.05, 0.1) is 11.1 Å². The second-order valence-corrected chi connectivity index (χ2v) is 8.46. The summed E-state index contributed by atoms with van der Waals surface area (Å²) in [5.74, 6) is 0.817. The van der Waals surface area contributed by atoms with Crippen LogP contribution in [0.5, 0.6) is 5.75 Å². The molecule has 4 rings (SSSR count). The van der Waals surface area contributed by atoms with E-state index in [0.29, 0.717) is 33.8 Å². The highest BCUT2D eigenvalue weighted by molar-refractivity contribution is 7.15. The third-order valence-electron chi connectivity index (χ3n) is 5.20. The molecule has 0 fully saturated rings. The second-order valence-electron chi connectivity index (χ2n) is 7.45. The molecule has 2 aromatic carbocycles. The van der Waals surface area contributed by atoms with Gasteiger partial charge in [-0.1, -0.05) is 67.1 Å². The van der Waals surface area contributed by atoms with Crippen LogP contribution in [0.4, 0.5) is 0 Å². The fourth-order valence-electron chi connectivity index (χ4n) is 3.44. The lowest BCUT2D eigenvalue weighted by atomic mass is 10.1. The number of aryl methyl sites for hydroxylation is 1. The van der Waals surface area contributed by atoms with Crippen molar-refractivity contribution < 1.29 is 4.74 Å². The first-order valence-electron chi connectivity index (χ1n) is 10.4. The van der Waals surface area contributed by atoms with Crippen LogP contribution in [0.2, 0.25) is 0 Å². The van der Waals surface area contributed by atoms with Crippen molar-refractivity contribution in [3.05, 3.63) is 102 Å². The number of hydrogen-bond acceptors (Lipinski definition) is 5. The van der Waals surface area contributed by atoms with E-state index < -0.39 is 0 Å². The van der Waals surface area contributed by atoms with E-state index in [4.69, 9.17) is 4.74 Å². The molecular weight excluding hydrogens is 408 g/mol. The SMILES string of the molecule is CCCCOc1ccc(/C=c2\sc3nc(=O)c(Cc4ccccc4)c(C)n3c2=O)cc1. The van der Waals surface area contributed by atoms with Crippen molar-refractivity contribution in [3.63, 3.8) is 0 Å². The number of aromatic nitrogens is 2. The molecule has 0 saturated heterocycles. The molecule has 0 aliphatic rings. The zero-order valence-electron chi connectivity index (χ0n) is 17.6. The predicted molar refractivity (Wildman–Crippen MR) is 125 cm³/mol. The van der Waals surface area contributed by atoms with Gasteiger partial charge in [-0.3, -0.25) is 14.0 Å². The highest BCUT2D eigenvalue weighted by atomic mass is 32.1. The number of ether oxygens (including phenoxy) is 1. The lowest BCUT2D eigenvalue weighted by Crippen LogP contribution is -2.27. The Kier molecular flexibility index (Phi) is 6.28. The number of unbranched alkanes of at least 4 members (excludes halogenated alkanes) is 1. The molecule has 2 heterocycles. The zero-order chi connectivity index (χ0) is 21.8. The smallest absolute Gasteiger partial charge is 0.277 e. The minimum absolute atomic E-state index is 0.150. The average Bonchev–Trinajstić information content (AvgIpc) is 3.08. The highest BCUT2D eigenvalue weighted by Gasteiger charge is 2.14. The summed E-state index contributed by atoms with van der Waals surface area (Å²) in [6, 6.07) is 17.4. The van der Waals surface area contributed by atoms with Crippen LogP contribution in [0.25, 0.3) is 11.0 Å². The van der Waals surface area contributed by atoms with Crippen LogP contribution in [-0.2, 0) is 6.42 Å². The molecule has 158 valence electrons. The van der Waals surface area contributed by atoms with Crippen LogP contribution in [0.3, 0.4) is 0 Å². The van der Waals surface area contributed by atoms with Crippen molar-refractivity contribution in [1.29, 1.82) is 0 Å². The molecule has 2 aromatic heterocycles. The lowest BCUT2D eigenvalue weighted by Gasteiger charge is -2.06. The maximum Gasteiger partial charge on any atom is 0.277 e. The van der Waals surface area contributed by atoms with Crippen molar-refractivity contribution in [1.82, 2.24) is 9.38 Å². The first-order chi connectivity index (χ1) is 15.1. The summed E-state index contributed by atoms with van der Waals surface area (Å²) in [7, 11) is 0. The zero-order valence-corrected chi connectivity index (χ0v) is 18.4. The number of rotatable bonds is 7. The van der Waals surface area contributed by atoms with Gasteiger partial charge in [0.15, 0.2) is 0 Å². The molecule has 0 saturated carbocycles. The number of nitrogens with zero attached hydrogens (tertiary/aromatic N) is 2. The van der Waals surface area contributed by atoms with E-state index in [9.17, 15) is 9.59 Å². The standard InChI is InChI=1S/C25H24N2O3S/c1-3-4-14-30-20-12-10-19(11-13-20)16-22-24(29)27-17(2)21(23(28)26-25(27)31-22)15-18-8-6-5-7-9-18/h5-13,16H,3-4,14-15H2,1-2H3/b22-16-. The van der Waals surface area contributed by atoms with Gasteiger partial charge in [-0.05, 0) is 42.7 Å². The molecule has 0 bridgehead atoms. The summed E-state index contributed by atoms with van der Waals surface area (Å²) in [5, 5.41) is 0. The highest BCUT2D eigenvalue weighted by Crippen LogP contribution is 2.14. The van der Waals surface area contributed by atoms with Gasteiger partial charge in [-0.25, -0.2) is 0 Å². The Morgan fingerprint density at radius 2 is 1.81 bits per heavy atom. The summed E-state index contributed by atoms with van der Waals surface area (Å²) in [6.45, 7) is 4.64. The second kappa shape index (κ2) is 9.27. The summed E-state index contributed by atoms with van der Waals surface area (Å²) < 4.78 is 7.79. The van der Waals surface area contributed by atoms with E-state index >= 15 is 0 Å². The molecule has 31 heavy (non-hydrogen) atoms. The Morgan fingerprint density at radius 1 is 1.06 bits per heavy atom. The number of thiazole rings is 1. The van der Waals surface area contributed by atoms with Crippen LogP contribution >= 0.6 is 11.3 Å². The van der Waals surface area contributed by atoms with E-state index in [0.717, 1.165) is 29.7 Å². The van der Waals surface area contributed by atoms with E-state index in [1.807, 2.05) is 67.6 Å². The number of benzene rings is 2. The van der Waals surface area contributed by atoms with Crippen LogP contribution in [0, 0.1) is 6.92 Å². The van der Waals surface area contributed by atoms with Crippen molar-refractivity contribution in [3.8, 4) is 5.75 Å². The van der Waals surface area contributed by atoms with Gasteiger partial charge in [0, 0.05) is 17.7 Å². The van der Waals surface area contributed by atoms with E-state index in [1.54, 1.807) is 4.40 Å². The van der Waals surface area contributed by atoms with Gasteiger partial charge < -0.3 is 4.74 Å². The fraction of sp³-hybridized carbons (Fsp3) is 0.240. The third-order valence-corrected chi connectivity index (χ3v) is 6.17. The molecule has 0 atom stereocenters. The lowest BCUT2D eigenvalue weighted by molar-refractivity contribution is 0.309. The summed E-state index contributed by atoms with van der Waals surface area (Å²) in [5.41, 5.74) is 2.69. The van der Waals surface area contributed by atoms with Crippen molar-refractivity contribution >= 4 is 22.4 Å². The molecule has 0 amide bonds. The largest absolute Gasteiger partial charge is 0.494 e. The average molecular weight is 433 g/mol. The summed E-state index contributed by atoms with van der Waals surface area (Å²) >= 11 is 1.24. The molecule has 4 aromatic rings. The first kappa shape index (κ1) is 21.0. The molecule has 0 spiro atoms. The number of hydrogen-bond donors (Lipinski definition) is 0. The minimum Gasteiger partial charge on any atom is -0.494 e. The Hall–Kier alpha value is -3.25. The van der Waals surface area contributed by atoms with E-state index in [1.165, 1.54) is 11.3 Å². The van der Waals surface area contributed by atoms with Gasteiger partial charge in [-0.15, -0.1) is 0 Å². The topological polar surface area (TPSA) is 60.7 Å². The van der Waals surface area contributed by atoms with Crippen LogP contribution < -0.4 is 20.4 Å². The summed E-state index contributed by atoms with van der Waals surface area (Å²) in [6.07, 6.45) is 4.40. The molecular formula is C25H24N2O3S. The van der Waals surface area contributed by atoms with Crippen molar-refractivity contribution in [2.45, 2.75) is 33.1 Å². The first-order valence-corrected chi connectivity index (χ1v) is 11.2. The van der Waals surface area contributed by atoms with Crippen LogP contribution in [-0.4, -0.2) is 16.0 Å². The normalized spacial score (nSPS) is 11.9. The molecule has 0 aliphatic carbocycles. The van der Waals surface area contributed by atoms with Crippen LogP contribution in [0.1, 0.15) is 42.1 Å². The van der Waals surface area contributed by atoms with Gasteiger partial charge >= 0.3 is 0 Å². The van der Waals surface area contributed by atoms with Gasteiger partial charge in [-0.2, -0.15) is 4.98 Å². The molecule has 6 heteroatoms. The molecule has 0 radical (unpaired) electrons. The predicted octanol–water partition coefficient (Wildman–Crippen LogP) is 3.74. The number of fused-ring (bicyclic) bond motifs is 1. The fourth-order valence-corrected chi connectivity index (χ4v) is 4.45. The quantitative estimate of drug-likeness (QED) is 0.418. The summed E-state index contributed by atoms with van der Waals surface area (Å²) in [4.78, 5) is 30.3. The third kappa shape index (κ3) is 4.59. The van der Waals surface area contributed by atoms with E-state index in [-0.39, 0.29) is 11.1 Å².